The third-order valence-electron chi connectivity index (χ3n) is 1.94. The summed E-state index contributed by atoms with van der Waals surface area (Å²) in [7, 11) is 0. The molecule has 2 aromatic heterocycles. The van der Waals surface area contributed by atoms with Gasteiger partial charge in [-0.3, -0.25) is 4.79 Å². The van der Waals surface area contributed by atoms with E-state index < -0.39 is 0 Å². The normalized spacial score (nSPS) is 9.56. The summed E-state index contributed by atoms with van der Waals surface area (Å²) in [5, 5.41) is 1.92. The Hall–Kier alpha value is -0.520. The van der Waals surface area contributed by atoms with E-state index in [9.17, 15) is 4.79 Å². The maximum absolute atomic E-state index is 11.8. The second-order valence-electron chi connectivity index (χ2n) is 3.09. The van der Waals surface area contributed by atoms with Crippen LogP contribution in [0.5, 0.6) is 0 Å². The van der Waals surface area contributed by atoms with E-state index in [1.54, 1.807) is 0 Å². The van der Waals surface area contributed by atoms with E-state index in [0.29, 0.717) is 6.54 Å². The Balaban J connectivity index is 0.00000128. The number of thiophene rings is 1. The summed E-state index contributed by atoms with van der Waals surface area (Å²) in [6, 6.07) is 7.59. The quantitative estimate of drug-likeness (QED) is 0.541. The van der Waals surface area contributed by atoms with Gasteiger partial charge in [-0.05, 0) is 33.4 Å². The molecule has 0 atom stereocenters. The van der Waals surface area contributed by atoms with Crippen LogP contribution in [-0.4, -0.2) is 5.78 Å². The fraction of sp³-hybridized carbons (Fsp3) is 0.0909. The molecule has 0 saturated carbocycles. The summed E-state index contributed by atoms with van der Waals surface area (Å²) < 4.78 is 2.84. The highest BCUT2D eigenvalue weighted by Gasteiger charge is 2.12. The number of hydrogen-bond acceptors (Lipinski definition) is 2. The molecule has 0 unspecified atom stereocenters. The molecule has 0 aliphatic heterocycles. The Morgan fingerprint density at radius 1 is 1.38 bits per heavy atom. The van der Waals surface area contributed by atoms with Gasteiger partial charge in [0.15, 0.2) is 12.4 Å². The molecule has 0 N–H and O–H groups in total. The minimum atomic E-state index is 0. The van der Waals surface area contributed by atoms with Gasteiger partial charge in [-0.15, -0.1) is 11.3 Å². The molecule has 2 nitrogen and oxygen atoms in total. The van der Waals surface area contributed by atoms with Crippen LogP contribution in [0.25, 0.3) is 0 Å². The first-order chi connectivity index (χ1) is 7.25. The number of ketones is 1. The van der Waals surface area contributed by atoms with Gasteiger partial charge in [-0.1, -0.05) is 6.07 Å². The molecule has 0 radical (unpaired) electrons. The van der Waals surface area contributed by atoms with E-state index in [1.165, 1.54) is 11.3 Å². The topological polar surface area (TPSA) is 20.9 Å². The van der Waals surface area contributed by atoms with Crippen molar-refractivity contribution in [3.05, 3.63) is 51.4 Å². The van der Waals surface area contributed by atoms with Gasteiger partial charge in [-0.25, -0.2) is 0 Å². The molecule has 0 aliphatic rings. The molecule has 84 valence electrons. The van der Waals surface area contributed by atoms with E-state index in [0.717, 1.165) is 9.35 Å². The molecule has 2 heterocycles. The Labute approximate surface area is 117 Å². The van der Waals surface area contributed by atoms with E-state index in [-0.39, 0.29) is 22.8 Å². The predicted molar refractivity (Wildman–Crippen MR) is 63.0 cm³/mol. The lowest BCUT2D eigenvalue weighted by molar-refractivity contribution is -0.683. The number of hydrogen-bond donors (Lipinski definition) is 0. The molecule has 0 saturated heterocycles. The molecule has 0 fully saturated rings. The standard InChI is InChI=1S/C11H9BrNOS.BrH/c12-9-3-1-5-13(7-9)8-10(14)11-4-2-6-15-11;/h1-7H,8H2;1H/q+1;/p-1. The van der Waals surface area contributed by atoms with Gasteiger partial charge in [-0.2, -0.15) is 4.57 Å². The zero-order chi connectivity index (χ0) is 10.7. The minimum absolute atomic E-state index is 0. The minimum Gasteiger partial charge on any atom is -1.00 e. The van der Waals surface area contributed by atoms with Gasteiger partial charge in [0, 0.05) is 6.07 Å². The average molecular weight is 363 g/mol. The summed E-state index contributed by atoms with van der Waals surface area (Å²) in [6.45, 7) is 0.389. The van der Waals surface area contributed by atoms with Crippen molar-refractivity contribution >= 4 is 33.0 Å². The predicted octanol–water partition coefficient (Wildman–Crippen LogP) is -0.315. The largest absolute Gasteiger partial charge is 1.00 e. The van der Waals surface area contributed by atoms with Crippen LogP contribution in [0.4, 0.5) is 0 Å². The lowest BCUT2D eigenvalue weighted by Gasteiger charge is -1.95. The van der Waals surface area contributed by atoms with Crippen LogP contribution < -0.4 is 21.5 Å². The molecule has 5 heteroatoms. The van der Waals surface area contributed by atoms with E-state index in [4.69, 9.17) is 0 Å². The third kappa shape index (κ3) is 3.50. The number of carbonyl (C=O) groups excluding carboxylic acids is 1. The van der Waals surface area contributed by atoms with Crippen LogP contribution in [0.1, 0.15) is 9.67 Å². The van der Waals surface area contributed by atoms with Gasteiger partial charge in [0.25, 0.3) is 0 Å². The first-order valence-corrected chi connectivity index (χ1v) is 6.14. The van der Waals surface area contributed by atoms with Crippen LogP contribution in [0.15, 0.2) is 46.5 Å². The van der Waals surface area contributed by atoms with Gasteiger partial charge >= 0.3 is 0 Å². The number of halogens is 2. The summed E-state index contributed by atoms with van der Waals surface area (Å²) in [5.41, 5.74) is 0. The highest BCUT2D eigenvalue weighted by molar-refractivity contribution is 9.10. The zero-order valence-corrected chi connectivity index (χ0v) is 12.3. The number of carbonyl (C=O) groups is 1. The van der Waals surface area contributed by atoms with Crippen molar-refractivity contribution in [3.63, 3.8) is 0 Å². The SMILES string of the molecule is O=C(C[n+]1cccc(Br)c1)c1cccs1.[Br-]. The van der Waals surface area contributed by atoms with E-state index in [1.807, 2.05) is 46.6 Å². The maximum Gasteiger partial charge on any atom is 0.237 e. The van der Waals surface area contributed by atoms with Crippen molar-refractivity contribution in [1.29, 1.82) is 0 Å². The van der Waals surface area contributed by atoms with Crippen molar-refractivity contribution < 1.29 is 26.3 Å². The average Bonchev–Trinajstić information content (AvgIpc) is 2.70. The fourth-order valence-electron chi connectivity index (χ4n) is 1.27. The molecule has 0 aromatic carbocycles. The number of pyridine rings is 1. The molecule has 0 spiro atoms. The van der Waals surface area contributed by atoms with Gasteiger partial charge < -0.3 is 17.0 Å². The van der Waals surface area contributed by atoms with Crippen LogP contribution in [0.3, 0.4) is 0 Å². The number of rotatable bonds is 3. The molecular weight excluding hydrogens is 354 g/mol. The Morgan fingerprint density at radius 2 is 2.19 bits per heavy atom. The highest BCUT2D eigenvalue weighted by Crippen LogP contribution is 2.09. The molecule has 2 rings (SSSR count). The molecule has 0 amide bonds. The molecular formula is C11H9Br2NOS. The van der Waals surface area contributed by atoms with Crippen molar-refractivity contribution in [1.82, 2.24) is 0 Å². The van der Waals surface area contributed by atoms with E-state index in [2.05, 4.69) is 15.9 Å². The highest BCUT2D eigenvalue weighted by atomic mass is 79.9. The summed E-state index contributed by atoms with van der Waals surface area (Å²) in [6.07, 6.45) is 3.78. The van der Waals surface area contributed by atoms with Crippen molar-refractivity contribution in [2.75, 3.05) is 0 Å². The summed E-state index contributed by atoms with van der Waals surface area (Å²) in [5.74, 6) is 0.146. The Bertz CT molecular complexity index is 471. The monoisotopic (exact) mass is 361 g/mol. The second kappa shape index (κ2) is 6.27. The zero-order valence-electron chi connectivity index (χ0n) is 8.27. The number of nitrogens with zero attached hydrogens (tertiary/aromatic N) is 1. The number of aromatic nitrogens is 1. The van der Waals surface area contributed by atoms with Crippen molar-refractivity contribution in [2.45, 2.75) is 6.54 Å². The summed E-state index contributed by atoms with van der Waals surface area (Å²) >= 11 is 4.85. The molecule has 0 bridgehead atoms. The fourth-order valence-corrected chi connectivity index (χ4v) is 2.34. The van der Waals surface area contributed by atoms with Crippen molar-refractivity contribution in [2.24, 2.45) is 0 Å². The molecule has 16 heavy (non-hydrogen) atoms. The smallest absolute Gasteiger partial charge is 0.237 e. The Morgan fingerprint density at radius 3 is 2.81 bits per heavy atom. The second-order valence-corrected chi connectivity index (χ2v) is 4.96. The summed E-state index contributed by atoms with van der Waals surface area (Å²) in [4.78, 5) is 12.6. The van der Waals surface area contributed by atoms with Crippen LogP contribution in [0, 0.1) is 0 Å². The van der Waals surface area contributed by atoms with Crippen LogP contribution in [-0.2, 0) is 6.54 Å². The first-order valence-electron chi connectivity index (χ1n) is 4.47. The van der Waals surface area contributed by atoms with Crippen LogP contribution in [0.2, 0.25) is 0 Å². The maximum atomic E-state index is 11.8. The lowest BCUT2D eigenvalue weighted by atomic mass is 10.3. The first kappa shape index (κ1) is 13.5. The molecule has 0 aliphatic carbocycles. The lowest BCUT2D eigenvalue weighted by Crippen LogP contribution is -3.00. The Kier molecular flexibility index (Phi) is 5.31. The van der Waals surface area contributed by atoms with Gasteiger partial charge in [0.2, 0.25) is 12.3 Å². The van der Waals surface area contributed by atoms with Gasteiger partial charge in [0.05, 0.1) is 9.35 Å². The van der Waals surface area contributed by atoms with Crippen molar-refractivity contribution in [3.8, 4) is 0 Å². The molecule has 2 aromatic rings. The van der Waals surface area contributed by atoms with E-state index >= 15 is 0 Å². The third-order valence-corrected chi connectivity index (χ3v) is 3.32. The van der Waals surface area contributed by atoms with Gasteiger partial charge in [0.1, 0.15) is 0 Å². The van der Waals surface area contributed by atoms with Crippen LogP contribution >= 0.6 is 27.3 Å². The number of Topliss-reactive ketones (excluding diaryl/α,β-unsaturated/α-hetero) is 1.